The highest BCUT2D eigenvalue weighted by Gasteiger charge is 2.27. The van der Waals surface area contributed by atoms with E-state index in [1.54, 1.807) is 23.2 Å². The molecule has 8 nitrogen and oxygen atoms in total. The van der Waals surface area contributed by atoms with Crippen LogP contribution in [0.25, 0.3) is 22.5 Å². The van der Waals surface area contributed by atoms with Gasteiger partial charge in [-0.3, -0.25) is 9.48 Å². The molecule has 0 saturated carbocycles. The number of hydrogen-bond donors (Lipinski definition) is 0. The lowest BCUT2D eigenvalue weighted by atomic mass is 10.1. The average molecular weight is 437 g/mol. The summed E-state index contributed by atoms with van der Waals surface area (Å²) in [6.45, 7) is 4.50. The standard InChI is InChI=1S/C22H21ClN6O2/c1-14-20-16(12-17(18-4-3-11-31-18)25-21(20)27(2)26-14)22(30)29-9-7-28(8-10-29)19-6-5-15(23)13-24-19/h3-6,11-13H,7-10H2,1-2H3. The molecule has 0 spiro atoms. The normalized spacial score (nSPS) is 14.4. The van der Waals surface area contributed by atoms with Crippen LogP contribution >= 0.6 is 11.6 Å². The van der Waals surface area contributed by atoms with Crippen molar-refractivity contribution in [3.8, 4) is 11.5 Å². The van der Waals surface area contributed by atoms with Gasteiger partial charge in [0.15, 0.2) is 11.4 Å². The number of piperazine rings is 1. The van der Waals surface area contributed by atoms with E-state index in [0.717, 1.165) is 16.9 Å². The van der Waals surface area contributed by atoms with Crippen LogP contribution in [-0.4, -0.2) is 56.7 Å². The Kier molecular flexibility index (Phi) is 4.86. The highest BCUT2D eigenvalue weighted by Crippen LogP contribution is 2.28. The third-order valence-electron chi connectivity index (χ3n) is 5.58. The molecule has 1 aliphatic heterocycles. The summed E-state index contributed by atoms with van der Waals surface area (Å²) < 4.78 is 7.23. The molecular weight excluding hydrogens is 416 g/mol. The Hall–Kier alpha value is -3.39. The van der Waals surface area contributed by atoms with E-state index in [9.17, 15) is 4.79 Å². The maximum Gasteiger partial charge on any atom is 0.254 e. The number of carbonyl (C=O) groups excluding carboxylic acids is 1. The topological polar surface area (TPSA) is 80.3 Å². The molecule has 1 fully saturated rings. The van der Waals surface area contributed by atoms with Gasteiger partial charge in [0.25, 0.3) is 5.91 Å². The molecule has 0 radical (unpaired) electrons. The molecule has 1 aliphatic rings. The van der Waals surface area contributed by atoms with Crippen molar-refractivity contribution >= 4 is 34.4 Å². The monoisotopic (exact) mass is 436 g/mol. The maximum atomic E-state index is 13.6. The molecule has 0 N–H and O–H groups in total. The first kappa shape index (κ1) is 19.6. The summed E-state index contributed by atoms with van der Waals surface area (Å²) in [5.74, 6) is 1.46. The summed E-state index contributed by atoms with van der Waals surface area (Å²) in [7, 11) is 1.83. The fourth-order valence-electron chi connectivity index (χ4n) is 4.03. The summed E-state index contributed by atoms with van der Waals surface area (Å²) in [6, 6.07) is 9.19. The van der Waals surface area contributed by atoms with Crippen LogP contribution in [0.15, 0.2) is 47.2 Å². The second kappa shape index (κ2) is 7.70. The zero-order chi connectivity index (χ0) is 21.5. The number of amides is 1. The van der Waals surface area contributed by atoms with Crippen molar-refractivity contribution < 1.29 is 9.21 Å². The molecule has 4 aromatic rings. The number of furan rings is 1. The number of rotatable bonds is 3. The van der Waals surface area contributed by atoms with E-state index < -0.39 is 0 Å². The Labute approximate surface area is 184 Å². The summed E-state index contributed by atoms with van der Waals surface area (Å²) in [5.41, 5.74) is 2.66. The van der Waals surface area contributed by atoms with Crippen LogP contribution in [0.2, 0.25) is 5.02 Å². The number of halogens is 1. The van der Waals surface area contributed by atoms with Crippen molar-refractivity contribution in [2.45, 2.75) is 6.92 Å². The second-order valence-corrected chi connectivity index (χ2v) is 7.99. The molecule has 9 heteroatoms. The number of aryl methyl sites for hydroxylation is 2. The highest BCUT2D eigenvalue weighted by molar-refractivity contribution is 6.30. The molecule has 158 valence electrons. The number of aromatic nitrogens is 4. The van der Waals surface area contributed by atoms with Gasteiger partial charge < -0.3 is 14.2 Å². The van der Waals surface area contributed by atoms with E-state index >= 15 is 0 Å². The summed E-state index contributed by atoms with van der Waals surface area (Å²) in [4.78, 5) is 26.7. The van der Waals surface area contributed by atoms with Crippen molar-refractivity contribution in [3.05, 3.63) is 59.1 Å². The molecule has 5 heterocycles. The van der Waals surface area contributed by atoms with E-state index in [2.05, 4.69) is 15.0 Å². The molecule has 31 heavy (non-hydrogen) atoms. The van der Waals surface area contributed by atoms with Crippen molar-refractivity contribution in [1.82, 2.24) is 24.6 Å². The third-order valence-corrected chi connectivity index (χ3v) is 5.80. The van der Waals surface area contributed by atoms with Crippen LogP contribution in [0.1, 0.15) is 16.1 Å². The predicted octanol–water partition coefficient (Wildman–Crippen LogP) is 3.55. The van der Waals surface area contributed by atoms with Crippen LogP contribution in [0.3, 0.4) is 0 Å². The van der Waals surface area contributed by atoms with Crippen molar-refractivity contribution in [1.29, 1.82) is 0 Å². The molecule has 0 aliphatic carbocycles. The van der Waals surface area contributed by atoms with Gasteiger partial charge in [0.1, 0.15) is 11.5 Å². The predicted molar refractivity (Wildman–Crippen MR) is 118 cm³/mol. The van der Waals surface area contributed by atoms with Gasteiger partial charge in [-0.1, -0.05) is 11.6 Å². The molecular formula is C22H21ClN6O2. The van der Waals surface area contributed by atoms with Crippen LogP contribution in [0.4, 0.5) is 5.82 Å². The molecule has 1 saturated heterocycles. The van der Waals surface area contributed by atoms with Gasteiger partial charge in [0.05, 0.1) is 27.9 Å². The summed E-state index contributed by atoms with van der Waals surface area (Å²) >= 11 is 5.94. The molecule has 0 unspecified atom stereocenters. The fourth-order valence-corrected chi connectivity index (χ4v) is 4.14. The van der Waals surface area contributed by atoms with E-state index in [1.807, 2.05) is 43.1 Å². The van der Waals surface area contributed by atoms with Gasteiger partial charge in [-0.2, -0.15) is 5.10 Å². The second-order valence-electron chi connectivity index (χ2n) is 7.55. The van der Waals surface area contributed by atoms with Gasteiger partial charge >= 0.3 is 0 Å². The quantitative estimate of drug-likeness (QED) is 0.488. The smallest absolute Gasteiger partial charge is 0.254 e. The van der Waals surface area contributed by atoms with Crippen molar-refractivity contribution in [3.63, 3.8) is 0 Å². The van der Waals surface area contributed by atoms with E-state index in [0.29, 0.717) is 53.9 Å². The van der Waals surface area contributed by atoms with E-state index in [4.69, 9.17) is 21.0 Å². The maximum absolute atomic E-state index is 13.6. The molecule has 0 bridgehead atoms. The first-order valence-electron chi connectivity index (χ1n) is 10.1. The Morgan fingerprint density at radius 3 is 2.65 bits per heavy atom. The number of carbonyl (C=O) groups is 1. The first-order chi connectivity index (χ1) is 15.0. The van der Waals surface area contributed by atoms with E-state index in [-0.39, 0.29) is 5.91 Å². The molecule has 5 rings (SSSR count). The van der Waals surface area contributed by atoms with Gasteiger partial charge in [-0.05, 0) is 37.3 Å². The number of nitrogens with zero attached hydrogens (tertiary/aromatic N) is 6. The van der Waals surface area contributed by atoms with Crippen molar-refractivity contribution in [2.24, 2.45) is 7.05 Å². The lowest BCUT2D eigenvalue weighted by Crippen LogP contribution is -2.49. The minimum absolute atomic E-state index is 0.0278. The van der Waals surface area contributed by atoms with Crippen LogP contribution in [0.5, 0.6) is 0 Å². The fraction of sp³-hybridized carbons (Fsp3) is 0.273. The van der Waals surface area contributed by atoms with Crippen LogP contribution in [-0.2, 0) is 7.05 Å². The molecule has 4 aromatic heterocycles. The van der Waals surface area contributed by atoms with Crippen molar-refractivity contribution in [2.75, 3.05) is 31.1 Å². The zero-order valence-corrected chi connectivity index (χ0v) is 18.0. The van der Waals surface area contributed by atoms with Gasteiger partial charge in [-0.15, -0.1) is 0 Å². The summed E-state index contributed by atoms with van der Waals surface area (Å²) in [5, 5.41) is 5.88. The minimum atomic E-state index is -0.0278. The molecule has 0 aromatic carbocycles. The summed E-state index contributed by atoms with van der Waals surface area (Å²) in [6.07, 6.45) is 3.24. The first-order valence-corrected chi connectivity index (χ1v) is 10.4. The molecule has 0 atom stereocenters. The highest BCUT2D eigenvalue weighted by atomic mass is 35.5. The number of pyridine rings is 2. The Bertz CT molecular complexity index is 1240. The minimum Gasteiger partial charge on any atom is -0.463 e. The SMILES string of the molecule is Cc1nn(C)c2nc(-c3ccco3)cc(C(=O)N3CCN(c4ccc(Cl)cn4)CC3)c12. The Balaban J connectivity index is 1.45. The van der Waals surface area contributed by atoms with Crippen LogP contribution < -0.4 is 4.90 Å². The van der Waals surface area contributed by atoms with Crippen LogP contribution in [0, 0.1) is 6.92 Å². The lowest BCUT2D eigenvalue weighted by molar-refractivity contribution is 0.0748. The van der Waals surface area contributed by atoms with Gasteiger partial charge in [0, 0.05) is 39.4 Å². The third kappa shape index (κ3) is 3.53. The Morgan fingerprint density at radius 1 is 1.16 bits per heavy atom. The zero-order valence-electron chi connectivity index (χ0n) is 17.2. The molecule has 1 amide bonds. The average Bonchev–Trinajstić information content (AvgIpc) is 3.42. The van der Waals surface area contributed by atoms with Gasteiger partial charge in [0.2, 0.25) is 0 Å². The lowest BCUT2D eigenvalue weighted by Gasteiger charge is -2.35. The van der Waals surface area contributed by atoms with E-state index in [1.165, 1.54) is 0 Å². The van der Waals surface area contributed by atoms with Gasteiger partial charge in [-0.25, -0.2) is 9.97 Å². The number of hydrogen-bond acceptors (Lipinski definition) is 6. The number of fused-ring (bicyclic) bond motifs is 1. The number of anilines is 1. The Morgan fingerprint density at radius 2 is 1.97 bits per heavy atom. The largest absolute Gasteiger partial charge is 0.463 e.